The van der Waals surface area contributed by atoms with E-state index >= 15 is 0 Å². The summed E-state index contributed by atoms with van der Waals surface area (Å²) in [6.07, 6.45) is 1.56. The van der Waals surface area contributed by atoms with Gasteiger partial charge in [0, 0.05) is 6.54 Å². The van der Waals surface area contributed by atoms with Gasteiger partial charge in [-0.2, -0.15) is 5.10 Å². The van der Waals surface area contributed by atoms with Gasteiger partial charge < -0.3 is 15.8 Å². The van der Waals surface area contributed by atoms with Crippen LogP contribution in [0.3, 0.4) is 0 Å². The quantitative estimate of drug-likeness (QED) is 0.809. The summed E-state index contributed by atoms with van der Waals surface area (Å²) in [6.45, 7) is 0.609. The van der Waals surface area contributed by atoms with Crippen LogP contribution in [-0.2, 0) is 6.54 Å². The molecule has 2 aromatic rings. The minimum Gasteiger partial charge on any atom is -0.497 e. The van der Waals surface area contributed by atoms with Gasteiger partial charge in [-0.05, 0) is 23.8 Å². The molecule has 0 aliphatic carbocycles. The number of benzene rings is 1. The summed E-state index contributed by atoms with van der Waals surface area (Å²) in [5.41, 5.74) is 7.42. The van der Waals surface area contributed by atoms with Crippen molar-refractivity contribution in [3.05, 3.63) is 47.7 Å². The van der Waals surface area contributed by atoms with Crippen molar-refractivity contribution in [2.75, 3.05) is 12.4 Å². The van der Waals surface area contributed by atoms with Gasteiger partial charge in [-0.25, -0.2) is 0 Å². The number of aromatic nitrogens is 2. The van der Waals surface area contributed by atoms with Crippen molar-refractivity contribution in [2.45, 2.75) is 6.54 Å². The molecule has 0 radical (unpaired) electrons. The molecule has 0 unspecified atom stereocenters. The van der Waals surface area contributed by atoms with Crippen LogP contribution >= 0.6 is 12.2 Å². The molecule has 0 aliphatic rings. The van der Waals surface area contributed by atoms with Crippen molar-refractivity contribution in [1.29, 1.82) is 0 Å². The van der Waals surface area contributed by atoms with E-state index in [9.17, 15) is 0 Å². The Bertz CT molecular complexity index is 571. The third-order valence-electron chi connectivity index (χ3n) is 2.61. The number of nitrogens with zero attached hydrogens (tertiary/aromatic N) is 2. The molecule has 2 rings (SSSR count). The summed E-state index contributed by atoms with van der Waals surface area (Å²) in [4.78, 5) is 0.298. The average Bonchev–Trinajstić information content (AvgIpc) is 2.46. The molecule has 0 saturated heterocycles. The van der Waals surface area contributed by atoms with E-state index in [1.54, 1.807) is 19.4 Å². The topological polar surface area (TPSA) is 73.1 Å². The molecule has 0 fully saturated rings. The van der Waals surface area contributed by atoms with E-state index in [2.05, 4.69) is 15.5 Å². The molecule has 0 bridgehead atoms. The van der Waals surface area contributed by atoms with E-state index in [-0.39, 0.29) is 0 Å². The van der Waals surface area contributed by atoms with Crippen LogP contribution in [0.25, 0.3) is 0 Å². The minimum absolute atomic E-state index is 0.298. The largest absolute Gasteiger partial charge is 0.497 e. The Hall–Kier alpha value is -2.21. The van der Waals surface area contributed by atoms with Crippen LogP contribution in [0.1, 0.15) is 11.1 Å². The Labute approximate surface area is 116 Å². The maximum Gasteiger partial charge on any atom is 0.159 e. The molecular formula is C13H14N4OS. The molecule has 19 heavy (non-hydrogen) atoms. The smallest absolute Gasteiger partial charge is 0.159 e. The van der Waals surface area contributed by atoms with E-state index in [0.717, 1.165) is 11.3 Å². The van der Waals surface area contributed by atoms with Crippen molar-refractivity contribution < 1.29 is 4.74 Å². The fourth-order valence-electron chi connectivity index (χ4n) is 1.59. The molecular weight excluding hydrogens is 260 g/mol. The summed E-state index contributed by atoms with van der Waals surface area (Å²) < 4.78 is 5.11. The fraction of sp³-hybridized carbons (Fsp3) is 0.154. The Morgan fingerprint density at radius 1 is 1.32 bits per heavy atom. The van der Waals surface area contributed by atoms with Gasteiger partial charge in [0.05, 0.1) is 18.9 Å². The van der Waals surface area contributed by atoms with Gasteiger partial charge >= 0.3 is 0 Å². The summed E-state index contributed by atoms with van der Waals surface area (Å²) >= 11 is 4.97. The number of hydrogen-bond acceptors (Lipinski definition) is 5. The SMILES string of the molecule is COc1ccc(CNc2nnccc2C(N)=S)cc1. The highest BCUT2D eigenvalue weighted by molar-refractivity contribution is 7.80. The molecule has 5 nitrogen and oxygen atoms in total. The standard InChI is InChI=1S/C13H14N4OS/c1-18-10-4-2-9(3-5-10)8-15-13-11(12(14)19)6-7-16-17-13/h2-7H,8H2,1H3,(H2,14,19)(H,15,17). The molecule has 3 N–H and O–H groups in total. The van der Waals surface area contributed by atoms with Crippen LogP contribution in [0.4, 0.5) is 5.82 Å². The first-order chi connectivity index (χ1) is 9.20. The van der Waals surface area contributed by atoms with Crippen molar-refractivity contribution in [3.63, 3.8) is 0 Å². The first-order valence-electron chi connectivity index (χ1n) is 5.69. The predicted molar refractivity (Wildman–Crippen MR) is 78.2 cm³/mol. The molecule has 0 aliphatic heterocycles. The van der Waals surface area contributed by atoms with Gasteiger partial charge in [-0.15, -0.1) is 5.10 Å². The maximum atomic E-state index is 5.63. The number of rotatable bonds is 5. The van der Waals surface area contributed by atoms with Crippen LogP contribution in [0.5, 0.6) is 5.75 Å². The fourth-order valence-corrected chi connectivity index (χ4v) is 1.76. The highest BCUT2D eigenvalue weighted by Crippen LogP contribution is 2.14. The van der Waals surface area contributed by atoms with E-state index in [1.807, 2.05) is 24.3 Å². The zero-order valence-electron chi connectivity index (χ0n) is 10.5. The molecule has 1 heterocycles. The van der Waals surface area contributed by atoms with E-state index in [4.69, 9.17) is 22.7 Å². The number of ether oxygens (including phenoxy) is 1. The summed E-state index contributed by atoms with van der Waals surface area (Å²) in [5.74, 6) is 1.41. The minimum atomic E-state index is 0.298. The van der Waals surface area contributed by atoms with Gasteiger partial charge in [0.25, 0.3) is 0 Å². The Morgan fingerprint density at radius 3 is 2.68 bits per heavy atom. The third kappa shape index (κ3) is 3.38. The number of thiocarbonyl (C=S) groups is 1. The molecule has 0 amide bonds. The Morgan fingerprint density at radius 2 is 2.05 bits per heavy atom. The number of anilines is 1. The van der Waals surface area contributed by atoms with Crippen LogP contribution in [0.15, 0.2) is 36.5 Å². The second-order valence-electron chi connectivity index (χ2n) is 3.86. The molecule has 6 heteroatoms. The molecule has 98 valence electrons. The molecule has 0 atom stereocenters. The number of hydrogen-bond donors (Lipinski definition) is 2. The van der Waals surface area contributed by atoms with Crippen molar-refractivity contribution in [2.24, 2.45) is 5.73 Å². The van der Waals surface area contributed by atoms with Crippen LogP contribution < -0.4 is 15.8 Å². The lowest BCUT2D eigenvalue weighted by molar-refractivity contribution is 0.414. The molecule has 1 aromatic heterocycles. The van der Waals surface area contributed by atoms with Crippen LogP contribution in [0.2, 0.25) is 0 Å². The van der Waals surface area contributed by atoms with Gasteiger partial charge in [-0.3, -0.25) is 0 Å². The first-order valence-corrected chi connectivity index (χ1v) is 6.10. The van der Waals surface area contributed by atoms with Crippen molar-refractivity contribution >= 4 is 23.0 Å². The van der Waals surface area contributed by atoms with E-state index in [1.165, 1.54) is 0 Å². The third-order valence-corrected chi connectivity index (χ3v) is 2.83. The second-order valence-corrected chi connectivity index (χ2v) is 4.30. The van der Waals surface area contributed by atoms with Gasteiger partial charge in [0.2, 0.25) is 0 Å². The van der Waals surface area contributed by atoms with Crippen molar-refractivity contribution in [1.82, 2.24) is 10.2 Å². The summed E-state index contributed by atoms with van der Waals surface area (Å²) in [7, 11) is 1.64. The number of nitrogens with one attached hydrogen (secondary N) is 1. The van der Waals surface area contributed by atoms with Gasteiger partial charge in [0.15, 0.2) is 5.82 Å². The maximum absolute atomic E-state index is 5.63. The monoisotopic (exact) mass is 274 g/mol. The lowest BCUT2D eigenvalue weighted by atomic mass is 10.2. The van der Waals surface area contributed by atoms with Crippen LogP contribution in [0, 0.1) is 0 Å². The average molecular weight is 274 g/mol. The second kappa shape index (κ2) is 6.10. The summed E-state index contributed by atoms with van der Waals surface area (Å²) in [5, 5.41) is 11.0. The highest BCUT2D eigenvalue weighted by Gasteiger charge is 2.06. The van der Waals surface area contributed by atoms with Gasteiger partial charge in [0.1, 0.15) is 10.7 Å². The van der Waals surface area contributed by atoms with Gasteiger partial charge in [-0.1, -0.05) is 24.4 Å². The Kier molecular flexibility index (Phi) is 4.25. The lowest BCUT2D eigenvalue weighted by Gasteiger charge is -2.09. The highest BCUT2D eigenvalue weighted by atomic mass is 32.1. The van der Waals surface area contributed by atoms with E-state index < -0.39 is 0 Å². The first kappa shape index (κ1) is 13.2. The number of nitrogens with two attached hydrogens (primary N) is 1. The molecule has 1 aromatic carbocycles. The Balaban J connectivity index is 2.07. The van der Waals surface area contributed by atoms with E-state index in [0.29, 0.717) is 22.9 Å². The van der Waals surface area contributed by atoms with Crippen molar-refractivity contribution in [3.8, 4) is 5.75 Å². The van der Waals surface area contributed by atoms with Crippen LogP contribution in [-0.4, -0.2) is 22.3 Å². The molecule has 0 saturated carbocycles. The summed E-state index contributed by atoms with van der Waals surface area (Å²) in [6, 6.07) is 9.50. The zero-order chi connectivity index (χ0) is 13.7. The number of methoxy groups -OCH3 is 1. The normalized spacial score (nSPS) is 9.95. The molecule has 0 spiro atoms. The lowest BCUT2D eigenvalue weighted by Crippen LogP contribution is -2.14. The predicted octanol–water partition coefficient (Wildman–Crippen LogP) is 1.73. The zero-order valence-corrected chi connectivity index (χ0v) is 11.3.